The first-order valence-electron chi connectivity index (χ1n) is 6.91. The summed E-state index contributed by atoms with van der Waals surface area (Å²) in [5.74, 6) is -1.15. The first-order chi connectivity index (χ1) is 9.02. The predicted octanol–water partition coefficient (Wildman–Crippen LogP) is 1.35. The van der Waals surface area contributed by atoms with E-state index in [0.29, 0.717) is 26.0 Å². The van der Waals surface area contributed by atoms with Gasteiger partial charge in [-0.15, -0.1) is 0 Å². The summed E-state index contributed by atoms with van der Waals surface area (Å²) < 4.78 is 5.41. The molecule has 1 aliphatic rings. The van der Waals surface area contributed by atoms with Gasteiger partial charge in [-0.25, -0.2) is 4.79 Å². The van der Waals surface area contributed by atoms with Crippen LogP contribution in [0.2, 0.25) is 0 Å². The lowest BCUT2D eigenvalue weighted by Crippen LogP contribution is -2.51. The average molecular weight is 272 g/mol. The molecule has 0 heterocycles. The Morgan fingerprint density at radius 3 is 2.68 bits per heavy atom. The maximum atomic E-state index is 11.5. The van der Waals surface area contributed by atoms with Crippen LogP contribution in [0.4, 0.5) is 4.79 Å². The van der Waals surface area contributed by atoms with E-state index in [1.54, 1.807) is 6.92 Å². The van der Waals surface area contributed by atoms with Gasteiger partial charge in [0.1, 0.15) is 0 Å². The summed E-state index contributed by atoms with van der Waals surface area (Å²) in [5.41, 5.74) is 0. The Morgan fingerprint density at radius 2 is 2.11 bits per heavy atom. The molecule has 0 saturated heterocycles. The third-order valence-electron chi connectivity index (χ3n) is 3.35. The van der Waals surface area contributed by atoms with E-state index in [2.05, 4.69) is 10.6 Å². The summed E-state index contributed by atoms with van der Waals surface area (Å²) in [4.78, 5) is 22.1. The van der Waals surface area contributed by atoms with E-state index >= 15 is 0 Å². The highest BCUT2D eigenvalue weighted by atomic mass is 16.5. The van der Waals surface area contributed by atoms with E-state index in [-0.39, 0.29) is 24.1 Å². The Kier molecular flexibility index (Phi) is 6.62. The quantitative estimate of drug-likeness (QED) is 0.582. The Labute approximate surface area is 113 Å². The third kappa shape index (κ3) is 5.92. The van der Waals surface area contributed by atoms with Gasteiger partial charge in [-0.1, -0.05) is 6.92 Å². The van der Waals surface area contributed by atoms with Crippen molar-refractivity contribution in [3.05, 3.63) is 0 Å². The van der Waals surface area contributed by atoms with Crippen molar-refractivity contribution in [1.82, 2.24) is 10.6 Å². The first kappa shape index (κ1) is 15.8. The van der Waals surface area contributed by atoms with Crippen LogP contribution in [0.5, 0.6) is 0 Å². The van der Waals surface area contributed by atoms with Crippen LogP contribution in [-0.4, -0.2) is 42.4 Å². The van der Waals surface area contributed by atoms with Gasteiger partial charge in [0.15, 0.2) is 0 Å². The van der Waals surface area contributed by atoms with Crippen LogP contribution in [-0.2, 0) is 9.53 Å². The summed E-state index contributed by atoms with van der Waals surface area (Å²) in [7, 11) is 0. The first-order valence-corrected chi connectivity index (χ1v) is 6.91. The normalized spacial score (nSPS) is 23.3. The zero-order chi connectivity index (χ0) is 14.3. The zero-order valence-electron chi connectivity index (χ0n) is 11.6. The molecule has 1 atom stereocenters. The highest BCUT2D eigenvalue weighted by molar-refractivity contribution is 5.74. The molecule has 6 heteroatoms. The maximum Gasteiger partial charge on any atom is 0.315 e. The second-order valence-corrected chi connectivity index (χ2v) is 5.03. The summed E-state index contributed by atoms with van der Waals surface area (Å²) in [5, 5.41) is 14.3. The number of carboxylic acids is 1. The molecule has 1 fully saturated rings. The molecule has 0 bridgehead atoms. The van der Waals surface area contributed by atoms with Crippen LogP contribution in [0.1, 0.15) is 39.5 Å². The number of hydrogen-bond donors (Lipinski definition) is 3. The largest absolute Gasteiger partial charge is 0.481 e. The minimum atomic E-state index is -0.791. The molecule has 1 aliphatic carbocycles. The standard InChI is InChI=1S/C13H24N2O4/c1-3-19-11-7-10(8-11)15-13(18)14-6-4-5-9(2)12(16)17/h9-11H,3-8H2,1-2H3,(H,16,17)(H2,14,15,18). The van der Waals surface area contributed by atoms with Crippen LogP contribution in [0, 0.1) is 5.92 Å². The molecular weight excluding hydrogens is 248 g/mol. The van der Waals surface area contributed by atoms with E-state index in [9.17, 15) is 9.59 Å². The van der Waals surface area contributed by atoms with Crippen LogP contribution < -0.4 is 10.6 Å². The number of urea groups is 1. The number of ether oxygens (including phenoxy) is 1. The molecule has 1 unspecified atom stereocenters. The average Bonchev–Trinajstić information content (AvgIpc) is 2.31. The van der Waals surface area contributed by atoms with E-state index < -0.39 is 5.97 Å². The van der Waals surface area contributed by atoms with Crippen molar-refractivity contribution < 1.29 is 19.4 Å². The molecule has 1 rings (SSSR count). The Morgan fingerprint density at radius 1 is 1.42 bits per heavy atom. The molecule has 110 valence electrons. The molecule has 2 amide bonds. The number of amides is 2. The molecule has 0 radical (unpaired) electrons. The summed E-state index contributed by atoms with van der Waals surface area (Å²) in [6.45, 7) is 4.85. The van der Waals surface area contributed by atoms with Gasteiger partial charge in [0, 0.05) is 19.2 Å². The van der Waals surface area contributed by atoms with Crippen molar-refractivity contribution in [2.75, 3.05) is 13.2 Å². The molecule has 0 aromatic heterocycles. The van der Waals surface area contributed by atoms with Crippen molar-refractivity contribution in [2.45, 2.75) is 51.7 Å². The lowest BCUT2D eigenvalue weighted by atomic mass is 9.89. The topological polar surface area (TPSA) is 87.7 Å². The van der Waals surface area contributed by atoms with Crippen molar-refractivity contribution in [2.24, 2.45) is 5.92 Å². The lowest BCUT2D eigenvalue weighted by Gasteiger charge is -2.35. The minimum absolute atomic E-state index is 0.178. The van der Waals surface area contributed by atoms with Gasteiger partial charge < -0.3 is 20.5 Å². The van der Waals surface area contributed by atoms with Crippen molar-refractivity contribution >= 4 is 12.0 Å². The highest BCUT2D eigenvalue weighted by Crippen LogP contribution is 2.22. The number of aliphatic carboxylic acids is 1. The summed E-state index contributed by atoms with van der Waals surface area (Å²) >= 11 is 0. The summed E-state index contributed by atoms with van der Waals surface area (Å²) in [6.07, 6.45) is 3.28. The molecule has 0 aromatic rings. The number of carboxylic acid groups (broad SMARTS) is 1. The fourth-order valence-electron chi connectivity index (χ4n) is 2.03. The predicted molar refractivity (Wildman–Crippen MR) is 71.0 cm³/mol. The smallest absolute Gasteiger partial charge is 0.315 e. The van der Waals surface area contributed by atoms with Crippen molar-refractivity contribution in [1.29, 1.82) is 0 Å². The molecule has 0 aromatic carbocycles. The van der Waals surface area contributed by atoms with Gasteiger partial charge in [-0.2, -0.15) is 0 Å². The molecule has 19 heavy (non-hydrogen) atoms. The second kappa shape index (κ2) is 7.99. The minimum Gasteiger partial charge on any atom is -0.481 e. The SMILES string of the molecule is CCOC1CC(NC(=O)NCCCC(C)C(=O)O)C1. The van der Waals surface area contributed by atoms with Crippen LogP contribution in [0.25, 0.3) is 0 Å². The molecule has 3 N–H and O–H groups in total. The molecule has 1 saturated carbocycles. The van der Waals surface area contributed by atoms with Crippen molar-refractivity contribution in [3.8, 4) is 0 Å². The third-order valence-corrected chi connectivity index (χ3v) is 3.35. The Bertz CT molecular complexity index is 303. The van der Waals surface area contributed by atoms with E-state index in [1.807, 2.05) is 6.92 Å². The zero-order valence-corrected chi connectivity index (χ0v) is 11.6. The van der Waals surface area contributed by atoms with Gasteiger partial charge in [0.2, 0.25) is 0 Å². The second-order valence-electron chi connectivity index (χ2n) is 5.03. The van der Waals surface area contributed by atoms with Crippen LogP contribution >= 0.6 is 0 Å². The van der Waals surface area contributed by atoms with Crippen LogP contribution in [0.3, 0.4) is 0 Å². The van der Waals surface area contributed by atoms with Gasteiger partial charge in [0.25, 0.3) is 0 Å². The summed E-state index contributed by atoms with van der Waals surface area (Å²) in [6, 6.07) is 0.0254. The van der Waals surface area contributed by atoms with Gasteiger partial charge in [-0.05, 0) is 32.6 Å². The fourth-order valence-corrected chi connectivity index (χ4v) is 2.03. The molecule has 0 spiro atoms. The molecule has 0 aliphatic heterocycles. The Hall–Kier alpha value is -1.30. The number of carbonyl (C=O) groups excluding carboxylic acids is 1. The monoisotopic (exact) mass is 272 g/mol. The lowest BCUT2D eigenvalue weighted by molar-refractivity contribution is -0.141. The van der Waals surface area contributed by atoms with Gasteiger partial charge in [0.05, 0.1) is 12.0 Å². The fraction of sp³-hybridized carbons (Fsp3) is 0.846. The molecular formula is C13H24N2O4. The Balaban J connectivity index is 1.99. The van der Waals surface area contributed by atoms with Gasteiger partial charge in [-0.3, -0.25) is 4.79 Å². The number of hydrogen-bond acceptors (Lipinski definition) is 3. The molecule has 6 nitrogen and oxygen atoms in total. The highest BCUT2D eigenvalue weighted by Gasteiger charge is 2.30. The van der Waals surface area contributed by atoms with Crippen LogP contribution in [0.15, 0.2) is 0 Å². The number of nitrogens with one attached hydrogen (secondary N) is 2. The number of carbonyl (C=O) groups is 2. The van der Waals surface area contributed by atoms with E-state index in [4.69, 9.17) is 9.84 Å². The van der Waals surface area contributed by atoms with Gasteiger partial charge >= 0.3 is 12.0 Å². The van der Waals surface area contributed by atoms with Crippen molar-refractivity contribution in [3.63, 3.8) is 0 Å². The van der Waals surface area contributed by atoms with E-state index in [0.717, 1.165) is 12.8 Å². The number of rotatable bonds is 8. The van der Waals surface area contributed by atoms with E-state index in [1.165, 1.54) is 0 Å². The maximum absolute atomic E-state index is 11.5.